The van der Waals surface area contributed by atoms with Crippen LogP contribution in [-0.2, 0) is 0 Å². The Bertz CT molecular complexity index is 3260. The molecule has 0 atom stereocenters. The van der Waals surface area contributed by atoms with Gasteiger partial charge in [-0.1, -0.05) is 120 Å². The van der Waals surface area contributed by atoms with Crippen LogP contribution in [0.15, 0.2) is 158 Å². The fraction of sp³-hybridized carbons (Fsp3) is 0. The highest BCUT2D eigenvalue weighted by atomic mass is 35.5. The quantitative estimate of drug-likeness (QED) is 0.193. The van der Waals surface area contributed by atoms with Gasteiger partial charge in [0.2, 0.25) is 0 Å². The first-order chi connectivity index (χ1) is 27.0. The number of nitrogens with zero attached hydrogens (tertiary/aromatic N) is 3. The summed E-state index contributed by atoms with van der Waals surface area (Å²) in [5.41, 5.74) is 3.98. The van der Waals surface area contributed by atoms with Gasteiger partial charge in [0.25, 0.3) is 0 Å². The van der Waals surface area contributed by atoms with E-state index in [4.69, 9.17) is 28.2 Å². The lowest BCUT2D eigenvalue weighted by Crippen LogP contribution is -1.97. The van der Waals surface area contributed by atoms with Crippen LogP contribution in [0.2, 0.25) is 10.0 Å². The number of fused-ring (bicyclic) bond motifs is 9. The smallest absolute Gasteiger partial charge is 0.155 e. The molecule has 5 heterocycles. The van der Waals surface area contributed by atoms with Crippen LogP contribution in [0.25, 0.3) is 79.1 Å². The van der Waals surface area contributed by atoms with Crippen LogP contribution in [0.1, 0.15) is 0 Å². The fourth-order valence-electron chi connectivity index (χ4n) is 7.41. The number of benzene rings is 6. The minimum atomic E-state index is -0.291. The largest absolute Gasteiger partial charge is 0.337 e. The second-order valence-electron chi connectivity index (χ2n) is 13.0. The molecule has 6 aromatic carbocycles. The van der Waals surface area contributed by atoms with Gasteiger partial charge in [0.15, 0.2) is 5.82 Å². The molecule has 0 aliphatic carbocycles. The molecule has 0 unspecified atom stereocenters. The zero-order valence-electron chi connectivity index (χ0n) is 28.8. The van der Waals surface area contributed by atoms with E-state index in [1.165, 1.54) is 41.7 Å². The Morgan fingerprint density at radius 2 is 1.09 bits per heavy atom. The second-order valence-corrected chi connectivity index (χ2v) is 15.9. The molecular formula is C46H27Cl2FN4S2. The number of para-hydroxylation sites is 3. The first-order valence-electron chi connectivity index (χ1n) is 17.6. The zero-order valence-corrected chi connectivity index (χ0v) is 31.9. The van der Waals surface area contributed by atoms with Gasteiger partial charge < -0.3 is 5.32 Å². The van der Waals surface area contributed by atoms with Gasteiger partial charge in [-0.25, -0.2) is 14.4 Å². The number of rotatable bonds is 4. The van der Waals surface area contributed by atoms with Crippen molar-refractivity contribution in [3.63, 3.8) is 0 Å². The van der Waals surface area contributed by atoms with Crippen LogP contribution in [0.5, 0.6) is 0 Å². The van der Waals surface area contributed by atoms with E-state index in [1.807, 2.05) is 54.7 Å². The normalized spacial score (nSPS) is 11.5. The number of nitrogens with one attached hydrogen (secondary N) is 1. The highest BCUT2D eigenvalue weighted by Crippen LogP contribution is 2.43. The molecule has 0 aliphatic heterocycles. The maximum Gasteiger partial charge on any atom is 0.155 e. The third kappa shape index (κ3) is 5.70. The number of anilines is 2. The van der Waals surface area contributed by atoms with Gasteiger partial charge in [0.05, 0.1) is 36.2 Å². The van der Waals surface area contributed by atoms with E-state index in [-0.39, 0.29) is 5.82 Å². The molecule has 55 heavy (non-hydrogen) atoms. The Hall–Kier alpha value is -5.83. The third-order valence-electron chi connectivity index (χ3n) is 9.85. The summed E-state index contributed by atoms with van der Waals surface area (Å²) in [7, 11) is 0. The van der Waals surface area contributed by atoms with Crippen LogP contribution in [0, 0.1) is 5.82 Å². The van der Waals surface area contributed by atoms with Crippen molar-refractivity contribution in [2.75, 3.05) is 5.32 Å². The van der Waals surface area contributed by atoms with Gasteiger partial charge in [0, 0.05) is 65.2 Å². The Kier molecular flexibility index (Phi) is 8.45. The van der Waals surface area contributed by atoms with E-state index in [2.05, 4.69) is 87.7 Å². The highest BCUT2D eigenvalue weighted by Gasteiger charge is 2.19. The SMILES string of the molecule is Clc1cccc2c3ccccc3n(-c3nccc4c3sc3ccccc34)c12.Fc1ccccc1-c1cccc(Cl)c1Nc1nccc2c1sc1ccccc12. The molecule has 0 saturated heterocycles. The van der Waals surface area contributed by atoms with Crippen molar-refractivity contribution in [1.82, 2.24) is 14.5 Å². The van der Waals surface area contributed by atoms with Crippen molar-refractivity contribution in [1.29, 1.82) is 0 Å². The number of thiophene rings is 2. The summed E-state index contributed by atoms with van der Waals surface area (Å²) in [5, 5.41) is 11.8. The summed E-state index contributed by atoms with van der Waals surface area (Å²) in [6, 6.07) is 47.6. The minimum Gasteiger partial charge on any atom is -0.337 e. The zero-order chi connectivity index (χ0) is 37.0. The van der Waals surface area contributed by atoms with Gasteiger partial charge >= 0.3 is 0 Å². The standard InChI is InChI=1S/C23H14ClFN2S.C23H13ClN2S/c24-18-9-5-8-16(14-6-1-3-10-19(14)25)21(18)27-23-22-17(12-13-26-23)15-7-2-4-11-20(15)28-22;24-18-9-5-8-16-14-6-1-3-10-19(14)26(21(16)18)23-22-17(12-13-25-23)15-7-2-4-11-20(15)27-22/h1-13H,(H,26,27);1-13H. The average Bonchev–Trinajstić information content (AvgIpc) is 3.90. The van der Waals surface area contributed by atoms with Crippen molar-refractivity contribution in [2.24, 2.45) is 0 Å². The summed E-state index contributed by atoms with van der Waals surface area (Å²) < 4.78 is 21.3. The summed E-state index contributed by atoms with van der Waals surface area (Å²) in [4.78, 5) is 9.34. The molecule has 0 spiro atoms. The van der Waals surface area contributed by atoms with Crippen LogP contribution >= 0.6 is 45.9 Å². The molecule has 9 heteroatoms. The Morgan fingerprint density at radius 1 is 0.509 bits per heavy atom. The van der Waals surface area contributed by atoms with Gasteiger partial charge in [-0.15, -0.1) is 22.7 Å². The molecule has 0 amide bonds. The molecule has 11 aromatic rings. The van der Waals surface area contributed by atoms with E-state index in [1.54, 1.807) is 47.1 Å². The molecular weight excluding hydrogens is 763 g/mol. The van der Waals surface area contributed by atoms with E-state index in [0.29, 0.717) is 27.7 Å². The average molecular weight is 790 g/mol. The number of pyridine rings is 2. The van der Waals surface area contributed by atoms with Crippen LogP contribution in [0.4, 0.5) is 15.9 Å². The van der Waals surface area contributed by atoms with E-state index in [0.717, 1.165) is 37.3 Å². The minimum absolute atomic E-state index is 0.291. The van der Waals surface area contributed by atoms with Crippen LogP contribution in [-0.4, -0.2) is 14.5 Å². The number of aromatic nitrogens is 3. The lowest BCUT2D eigenvalue weighted by atomic mass is 10.0. The summed E-state index contributed by atoms with van der Waals surface area (Å²) in [6.45, 7) is 0. The van der Waals surface area contributed by atoms with E-state index >= 15 is 0 Å². The number of hydrogen-bond donors (Lipinski definition) is 1. The topological polar surface area (TPSA) is 42.7 Å². The fourth-order valence-corrected chi connectivity index (χ4v) is 10.2. The molecule has 4 nitrogen and oxygen atoms in total. The summed E-state index contributed by atoms with van der Waals surface area (Å²) in [6.07, 6.45) is 3.68. The van der Waals surface area contributed by atoms with Crippen LogP contribution < -0.4 is 5.32 Å². The Balaban J connectivity index is 0.000000135. The monoisotopic (exact) mass is 788 g/mol. The molecule has 0 aliphatic rings. The second kappa shape index (κ2) is 13.8. The molecule has 5 aromatic heterocycles. The molecule has 1 N–H and O–H groups in total. The van der Waals surface area contributed by atoms with Gasteiger partial charge in [-0.05, 0) is 48.5 Å². The van der Waals surface area contributed by atoms with Crippen molar-refractivity contribution in [3.05, 3.63) is 174 Å². The van der Waals surface area contributed by atoms with Crippen molar-refractivity contribution in [2.45, 2.75) is 0 Å². The number of halogens is 3. The van der Waals surface area contributed by atoms with Crippen LogP contribution in [0.3, 0.4) is 0 Å². The third-order valence-corrected chi connectivity index (χ3v) is 12.8. The van der Waals surface area contributed by atoms with E-state index in [9.17, 15) is 4.39 Å². The molecule has 11 rings (SSSR count). The predicted octanol–water partition coefficient (Wildman–Crippen LogP) is 14.9. The summed E-state index contributed by atoms with van der Waals surface area (Å²) >= 11 is 16.6. The van der Waals surface area contributed by atoms with E-state index < -0.39 is 0 Å². The highest BCUT2D eigenvalue weighted by molar-refractivity contribution is 7.26. The van der Waals surface area contributed by atoms with Gasteiger partial charge in [-0.3, -0.25) is 4.57 Å². The number of hydrogen-bond acceptors (Lipinski definition) is 5. The predicted molar refractivity (Wildman–Crippen MR) is 234 cm³/mol. The van der Waals surface area contributed by atoms with Crippen molar-refractivity contribution in [3.8, 4) is 16.9 Å². The molecule has 0 fully saturated rings. The molecule has 0 radical (unpaired) electrons. The van der Waals surface area contributed by atoms with Crippen molar-refractivity contribution < 1.29 is 4.39 Å². The maximum absolute atomic E-state index is 14.4. The Labute approximate surface area is 332 Å². The Morgan fingerprint density at radius 3 is 1.87 bits per heavy atom. The van der Waals surface area contributed by atoms with Gasteiger partial charge in [-0.2, -0.15) is 0 Å². The van der Waals surface area contributed by atoms with Gasteiger partial charge in [0.1, 0.15) is 11.6 Å². The molecule has 264 valence electrons. The maximum atomic E-state index is 14.4. The molecule has 0 saturated carbocycles. The lowest BCUT2D eigenvalue weighted by Gasteiger charge is -2.14. The first-order valence-corrected chi connectivity index (χ1v) is 19.9. The first kappa shape index (κ1) is 33.7. The lowest BCUT2D eigenvalue weighted by molar-refractivity contribution is 0.631. The molecule has 0 bridgehead atoms. The summed E-state index contributed by atoms with van der Waals surface area (Å²) in [5.74, 6) is 1.36. The van der Waals surface area contributed by atoms with Crippen molar-refractivity contribution >= 4 is 120 Å².